The maximum atomic E-state index is 6.40. The molecule has 0 amide bonds. The van der Waals surface area contributed by atoms with Crippen LogP contribution in [-0.4, -0.2) is 44.9 Å². The highest BCUT2D eigenvalue weighted by Crippen LogP contribution is 2.46. The maximum absolute atomic E-state index is 6.40. The molecule has 0 aliphatic heterocycles. The van der Waals surface area contributed by atoms with Gasteiger partial charge in [-0.2, -0.15) is 0 Å². The molecule has 13 heteroatoms. The van der Waals surface area contributed by atoms with Crippen molar-refractivity contribution < 1.29 is 17.7 Å². The molecule has 0 radical (unpaired) electrons. The van der Waals surface area contributed by atoms with Gasteiger partial charge < -0.3 is 17.7 Å². The van der Waals surface area contributed by atoms with Crippen molar-refractivity contribution in [3.05, 3.63) is 431 Å². The molecule has 0 N–H and O–H groups in total. The fraction of sp³-hybridized carbons (Fsp3) is 0. The summed E-state index contributed by atoms with van der Waals surface area (Å²) in [5.74, 6) is 5.63. The van der Waals surface area contributed by atoms with E-state index in [1.807, 2.05) is 176 Å². The summed E-state index contributed by atoms with van der Waals surface area (Å²) in [5, 5.41) is 25.3. The van der Waals surface area contributed by atoms with Crippen LogP contribution in [0.4, 0.5) is 0 Å². The molecule has 0 aliphatic rings. The quantitative estimate of drug-likeness (QED) is 0.119. The Morgan fingerprint density at radius 2 is 0.373 bits per heavy atom. The van der Waals surface area contributed by atoms with Crippen molar-refractivity contribution in [2.24, 2.45) is 0 Å². The van der Waals surface area contributed by atoms with E-state index in [9.17, 15) is 0 Å². The molecular formula is C121H71N9O4. The Kier molecular flexibility index (Phi) is 18.3. The minimum absolute atomic E-state index is 0.592. The van der Waals surface area contributed by atoms with Gasteiger partial charge in [0.1, 0.15) is 44.7 Å². The summed E-state index contributed by atoms with van der Waals surface area (Å²) >= 11 is 0. The van der Waals surface area contributed by atoms with Crippen molar-refractivity contribution in [2.45, 2.75) is 0 Å². The molecule has 0 unspecified atom stereocenters. The Morgan fingerprint density at radius 1 is 0.119 bits per heavy atom. The molecule has 0 atom stereocenters. The van der Waals surface area contributed by atoms with Gasteiger partial charge in [-0.3, -0.25) is 0 Å². The normalized spacial score (nSPS) is 11.7. The van der Waals surface area contributed by atoms with Gasteiger partial charge in [0.15, 0.2) is 52.4 Å². The van der Waals surface area contributed by atoms with Crippen molar-refractivity contribution in [3.8, 4) is 114 Å². The maximum Gasteiger partial charge on any atom is 0.164 e. The molecule has 134 heavy (non-hydrogen) atoms. The molecule has 624 valence electrons. The molecule has 0 saturated carbocycles. The van der Waals surface area contributed by atoms with Gasteiger partial charge in [-0.1, -0.05) is 340 Å². The second-order valence-corrected chi connectivity index (χ2v) is 33.7. The lowest BCUT2D eigenvalue weighted by Gasteiger charge is -2.10. The van der Waals surface area contributed by atoms with Crippen LogP contribution in [0.1, 0.15) is 0 Å². The predicted molar refractivity (Wildman–Crippen MR) is 545 cm³/mol. The minimum atomic E-state index is 0.592. The highest BCUT2D eigenvalue weighted by molar-refractivity contribution is 6.30. The van der Waals surface area contributed by atoms with Crippen molar-refractivity contribution in [1.82, 2.24) is 44.9 Å². The Labute approximate surface area is 765 Å². The Bertz CT molecular complexity index is 9560. The van der Waals surface area contributed by atoms with E-state index >= 15 is 0 Å². The number of aromatic nitrogens is 9. The number of fused-ring (bicyclic) bond motifs is 25. The number of rotatable bonds is 10. The van der Waals surface area contributed by atoms with Gasteiger partial charge in [0, 0.05) is 109 Å². The van der Waals surface area contributed by atoms with Crippen molar-refractivity contribution in [2.75, 3.05) is 0 Å². The van der Waals surface area contributed by atoms with Gasteiger partial charge in [-0.05, 0) is 161 Å². The zero-order valence-electron chi connectivity index (χ0n) is 71.6. The van der Waals surface area contributed by atoms with E-state index in [1.165, 1.54) is 70.0 Å². The molecule has 0 spiro atoms. The summed E-state index contributed by atoms with van der Waals surface area (Å²) in [5.41, 5.74) is 17.3. The van der Waals surface area contributed by atoms with Crippen molar-refractivity contribution in [1.29, 1.82) is 0 Å². The van der Waals surface area contributed by atoms with Crippen LogP contribution in [0, 0.1) is 0 Å². The topological polar surface area (TPSA) is 169 Å². The predicted octanol–water partition coefficient (Wildman–Crippen LogP) is 32.0. The van der Waals surface area contributed by atoms with E-state index in [1.54, 1.807) is 0 Å². The smallest absolute Gasteiger partial charge is 0.164 e. The van der Waals surface area contributed by atoms with Crippen LogP contribution >= 0.6 is 0 Å². The van der Waals surface area contributed by atoms with E-state index in [0.717, 1.165) is 154 Å². The number of furan rings is 4. The first kappa shape index (κ1) is 76.9. The second-order valence-electron chi connectivity index (χ2n) is 33.7. The third-order valence-electron chi connectivity index (χ3n) is 25.7. The van der Waals surface area contributed by atoms with E-state index in [2.05, 4.69) is 255 Å². The summed E-state index contributed by atoms with van der Waals surface area (Å²) in [7, 11) is 0. The fourth-order valence-electron chi connectivity index (χ4n) is 19.3. The Morgan fingerprint density at radius 3 is 0.806 bits per heavy atom. The number of nitrogens with zero attached hydrogens (tertiary/aromatic N) is 9. The zero-order chi connectivity index (χ0) is 88.3. The molecule has 21 aromatic carbocycles. The third-order valence-corrected chi connectivity index (χ3v) is 25.7. The average Bonchev–Trinajstić information content (AvgIpc) is 1.56. The molecular weight excluding hydrogens is 1640 g/mol. The summed E-state index contributed by atoms with van der Waals surface area (Å²) in [6.45, 7) is 0. The lowest BCUT2D eigenvalue weighted by Crippen LogP contribution is -2.00. The summed E-state index contributed by atoms with van der Waals surface area (Å²) < 4.78 is 25.4. The molecule has 0 saturated heterocycles. The highest BCUT2D eigenvalue weighted by atomic mass is 16.3. The van der Waals surface area contributed by atoms with Crippen LogP contribution in [0.15, 0.2) is 448 Å². The largest absolute Gasteiger partial charge is 0.456 e. The van der Waals surface area contributed by atoms with Crippen LogP contribution in [0.25, 0.3) is 277 Å². The van der Waals surface area contributed by atoms with Crippen molar-refractivity contribution >= 4 is 163 Å². The number of benzene rings is 21. The minimum Gasteiger partial charge on any atom is -0.456 e. The van der Waals surface area contributed by atoms with E-state index in [-0.39, 0.29) is 0 Å². The van der Waals surface area contributed by atoms with Crippen molar-refractivity contribution in [3.63, 3.8) is 0 Å². The van der Waals surface area contributed by atoms with Crippen LogP contribution < -0.4 is 0 Å². The molecule has 0 bridgehead atoms. The Hall–Kier alpha value is -18.3. The van der Waals surface area contributed by atoms with Crippen LogP contribution in [0.3, 0.4) is 0 Å². The van der Waals surface area contributed by atoms with Crippen LogP contribution in [0.2, 0.25) is 0 Å². The third kappa shape index (κ3) is 13.5. The second kappa shape index (κ2) is 31.9. The van der Waals surface area contributed by atoms with Gasteiger partial charge >= 0.3 is 0 Å². The lowest BCUT2D eigenvalue weighted by molar-refractivity contribution is 0.668. The average molecular weight is 1710 g/mol. The highest BCUT2D eigenvalue weighted by Gasteiger charge is 2.24. The molecule has 7 aromatic heterocycles. The summed E-state index contributed by atoms with van der Waals surface area (Å²) in [6, 6.07) is 148. The van der Waals surface area contributed by atoms with Crippen LogP contribution in [-0.2, 0) is 0 Å². The van der Waals surface area contributed by atoms with Gasteiger partial charge in [0.25, 0.3) is 0 Å². The Balaban J connectivity index is 0.000000105. The lowest BCUT2D eigenvalue weighted by atomic mass is 9.96. The van der Waals surface area contributed by atoms with E-state index < -0.39 is 0 Å². The number of para-hydroxylation sites is 1. The SMILES string of the molecule is c1ccc(-c2nc(-c3ccc4ccccc4c3)nc(-c3ccc4oc5ccc6ccc7ccccc7c6c5c4c3)n2)cc1.c1ccc(-c2nc(-c3ccc4oc5ccc6ccc7ccccc7c6c5c4c3)nc(-c3cccc4oc5ccccc5c34)n2)cc1.c1ccc(-c2nc(-c3ccccc3)nc(-c3cccc(-c4ccc5oc6ccc7ccc8ccccc8c7c6c5c4)c3)n2)cc1. The molecule has 28 rings (SSSR count). The summed E-state index contributed by atoms with van der Waals surface area (Å²) in [4.78, 5) is 44.9. The van der Waals surface area contributed by atoms with Gasteiger partial charge in [-0.25, -0.2) is 44.9 Å². The molecule has 0 aliphatic carbocycles. The number of hydrogen-bond donors (Lipinski definition) is 0. The molecule has 28 aromatic rings. The first-order chi connectivity index (χ1) is 66.3. The molecule has 7 heterocycles. The zero-order valence-corrected chi connectivity index (χ0v) is 71.6. The first-order valence-corrected chi connectivity index (χ1v) is 44.7. The fourth-order valence-corrected chi connectivity index (χ4v) is 19.3. The van der Waals surface area contributed by atoms with Gasteiger partial charge in [0.2, 0.25) is 0 Å². The number of hydrogen-bond acceptors (Lipinski definition) is 13. The van der Waals surface area contributed by atoms with Gasteiger partial charge in [-0.15, -0.1) is 0 Å². The monoisotopic (exact) mass is 1710 g/mol. The van der Waals surface area contributed by atoms with E-state index in [0.29, 0.717) is 52.4 Å². The van der Waals surface area contributed by atoms with Gasteiger partial charge in [0.05, 0.1) is 0 Å². The first-order valence-electron chi connectivity index (χ1n) is 44.7. The summed E-state index contributed by atoms with van der Waals surface area (Å²) in [6.07, 6.45) is 0. The molecule has 0 fully saturated rings. The van der Waals surface area contributed by atoms with Crippen LogP contribution in [0.5, 0.6) is 0 Å². The standard InChI is InChI=1S/C41H23N3O2.C41H25N3O.C39H23N3O/c1-2-10-26(11-3-1)39-42-40(44-41(43-39)30-14-8-16-34-37(30)29-13-6-7-15-32(29)45-34)27-20-21-33-31(23-27)38-35(46-33)22-19-25-18-17-24-9-4-5-12-28(24)36(25)38;1-3-11-28(12-4-1)39-42-40(29-13-5-2-6-14-29)44-41(43-39)32-16-9-15-30(24-32)31-21-22-35-34(25-31)38-36(45-35)23-20-27-19-18-26-10-7-8-17-33(26)37(27)38;1-2-10-27(11-3-1)37-40-38(29-17-14-24-8-4-5-12-28(24)22-29)42-39(41-37)30-19-20-33-32(23-30)36-34(43-33)21-18-26-16-15-25-9-6-7-13-31(25)35(26)36/h1-23H;1-25H;1-23H. The molecule has 13 nitrogen and oxygen atoms in total. The van der Waals surface area contributed by atoms with E-state index in [4.69, 9.17) is 62.5 Å².